The van der Waals surface area contributed by atoms with Gasteiger partial charge in [0.2, 0.25) is 0 Å². The van der Waals surface area contributed by atoms with E-state index in [1.54, 1.807) is 6.07 Å². The summed E-state index contributed by atoms with van der Waals surface area (Å²) in [5.74, 6) is 0.838. The second kappa shape index (κ2) is 3.97. The van der Waals surface area contributed by atoms with Gasteiger partial charge in [-0.25, -0.2) is 0 Å². The monoisotopic (exact) mass is 222 g/mol. The molecule has 3 N–H and O–H groups in total. The van der Waals surface area contributed by atoms with E-state index in [4.69, 9.17) is 13.8 Å². The molecule has 0 spiro atoms. The molecule has 1 aromatic rings. The maximum Gasteiger partial charge on any atom is 0.529 e. The first kappa shape index (κ1) is 7.24. The second-order valence-electron chi connectivity index (χ2n) is 2.66. The highest BCUT2D eigenvalue weighted by Crippen LogP contribution is 2.18. The first-order valence-corrected chi connectivity index (χ1v) is 5.54. The Balaban J connectivity index is 3.27. The Morgan fingerprint density at radius 3 is 1.93 bits per heavy atom. The van der Waals surface area contributed by atoms with Crippen LogP contribution < -0.4 is 14.7 Å². The maximum absolute atomic E-state index is 6.89. The SMILES string of the molecule is [3H]O[Si](O[3H])(O[3H])c1cc(OC)cc(OC)c1. The molecular weight excluding hydrogens is 204 g/mol. The Morgan fingerprint density at radius 2 is 1.57 bits per heavy atom. The third-order valence-electron chi connectivity index (χ3n) is 1.70. The summed E-state index contributed by atoms with van der Waals surface area (Å²) in [6, 6.07) is 4.53. The van der Waals surface area contributed by atoms with E-state index < -0.39 is 8.80 Å². The molecule has 0 amide bonds. The molecule has 6 heteroatoms. The van der Waals surface area contributed by atoms with Gasteiger partial charge in [0.25, 0.3) is 0 Å². The number of ether oxygens (including phenoxy) is 2. The van der Waals surface area contributed by atoms with Crippen LogP contribution in [-0.2, 0) is 0 Å². The fourth-order valence-corrected chi connectivity index (χ4v) is 1.62. The Labute approximate surface area is 87.0 Å². The highest BCUT2D eigenvalue weighted by atomic mass is 28.4. The van der Waals surface area contributed by atoms with Gasteiger partial charge in [-0.2, -0.15) is 0 Å². The summed E-state index contributed by atoms with van der Waals surface area (Å²) in [4.78, 5) is 12.8. The molecule has 0 aliphatic rings. The molecule has 14 heavy (non-hydrogen) atoms. The van der Waals surface area contributed by atoms with Gasteiger partial charge in [0.1, 0.15) is 11.5 Å². The van der Waals surface area contributed by atoms with Crippen molar-refractivity contribution in [2.24, 2.45) is 0 Å². The number of methoxy groups -OCH3 is 2. The predicted octanol–water partition coefficient (Wildman–Crippen LogP) is -1.17. The van der Waals surface area contributed by atoms with Crippen molar-refractivity contribution >= 4 is 14.0 Å². The summed E-state index contributed by atoms with van der Waals surface area (Å²) < 4.78 is 30.7. The number of hydrogen-bond donors (Lipinski definition) is 3. The molecule has 0 heterocycles. The average Bonchev–Trinajstić information content (AvgIpc) is 2.41. The van der Waals surface area contributed by atoms with Crippen LogP contribution in [0.25, 0.3) is 0 Å². The maximum atomic E-state index is 6.89. The number of benzene rings is 1. The lowest BCUT2D eigenvalue weighted by molar-refractivity contribution is 0.249. The molecule has 0 aliphatic heterocycles. The molecule has 1 rings (SSSR count). The molecular formula is C8H12O5Si. The van der Waals surface area contributed by atoms with Crippen LogP contribution in [0.15, 0.2) is 18.2 Å². The predicted molar refractivity (Wildman–Crippen MR) is 51.6 cm³/mol. The summed E-state index contributed by atoms with van der Waals surface area (Å²) in [7, 11) is -0.947. The average molecular weight is 222 g/mol. The smallest absolute Gasteiger partial charge is 0.497 e. The third kappa shape index (κ3) is 2.45. The van der Waals surface area contributed by atoms with Crippen LogP contribution in [0.1, 0.15) is 0 Å². The molecule has 0 aromatic heterocycles. The van der Waals surface area contributed by atoms with Gasteiger partial charge in [0.05, 0.1) is 14.2 Å². The van der Waals surface area contributed by atoms with Gasteiger partial charge in [0, 0.05) is 11.3 Å². The van der Waals surface area contributed by atoms with Gasteiger partial charge in [-0.15, -0.1) is 0 Å². The lowest BCUT2D eigenvalue weighted by atomic mass is 10.3. The van der Waals surface area contributed by atoms with E-state index in [1.165, 1.54) is 26.4 Å². The van der Waals surface area contributed by atoms with Crippen molar-refractivity contribution in [2.75, 3.05) is 14.2 Å². The minimum atomic E-state index is -3.85. The zero-order chi connectivity index (χ0) is 12.9. The number of rotatable bonds is 6. The molecule has 5 nitrogen and oxygen atoms in total. The van der Waals surface area contributed by atoms with Crippen molar-refractivity contribution in [3.05, 3.63) is 18.2 Å². The van der Waals surface area contributed by atoms with Crippen LogP contribution in [0.4, 0.5) is 0 Å². The highest BCUT2D eigenvalue weighted by molar-refractivity contribution is 6.71. The third-order valence-corrected chi connectivity index (χ3v) is 2.70. The summed E-state index contributed by atoms with van der Waals surface area (Å²) in [5.41, 5.74) is 0. The summed E-state index contributed by atoms with van der Waals surface area (Å²) >= 11 is 0. The van der Waals surface area contributed by atoms with E-state index in [2.05, 4.69) is 14.4 Å². The first-order chi connectivity index (χ1) is 8.15. The van der Waals surface area contributed by atoms with Crippen molar-refractivity contribution < 1.29 is 23.9 Å². The zero-order valence-electron chi connectivity index (χ0n) is 10.8. The highest BCUT2D eigenvalue weighted by Gasteiger charge is 2.31. The van der Waals surface area contributed by atoms with Gasteiger partial charge >= 0.3 is 8.80 Å². The Kier molecular flexibility index (Phi) is 2.05. The van der Waals surface area contributed by atoms with Crippen molar-refractivity contribution in [3.63, 3.8) is 0 Å². The molecule has 0 fully saturated rings. The van der Waals surface area contributed by atoms with Crippen LogP contribution in [-0.4, -0.2) is 41.7 Å². The molecule has 0 saturated heterocycles. The number of hydrogen-bond acceptors (Lipinski definition) is 5. The largest absolute Gasteiger partial charge is 0.529 e. The summed E-state index contributed by atoms with van der Waals surface area (Å²) in [6.45, 7) is 0. The molecule has 0 atom stereocenters. The molecule has 0 aliphatic carbocycles. The van der Waals surface area contributed by atoms with Crippen molar-refractivity contribution in [3.8, 4) is 11.5 Å². The molecule has 78 valence electrons. The molecule has 0 radical (unpaired) electrons. The van der Waals surface area contributed by atoms with Crippen LogP contribution >= 0.6 is 0 Å². The minimum Gasteiger partial charge on any atom is -0.497 e. The Morgan fingerprint density at radius 1 is 1.07 bits per heavy atom. The van der Waals surface area contributed by atoms with Gasteiger partial charge in [-0.1, -0.05) is 0 Å². The Bertz CT molecular complexity index is 344. The van der Waals surface area contributed by atoms with Crippen molar-refractivity contribution in [1.29, 1.82) is 4.29 Å². The van der Waals surface area contributed by atoms with Crippen molar-refractivity contribution in [2.45, 2.75) is 0 Å². The topological polar surface area (TPSA) is 79.2 Å². The van der Waals surface area contributed by atoms with E-state index in [-0.39, 0.29) is 5.19 Å². The van der Waals surface area contributed by atoms with Gasteiger partial charge in [-0.05, 0) is 12.1 Å². The first-order valence-electron chi connectivity index (χ1n) is 5.04. The second-order valence-corrected chi connectivity index (χ2v) is 4.35. The van der Waals surface area contributed by atoms with E-state index in [1.807, 2.05) is 0 Å². The summed E-state index contributed by atoms with van der Waals surface area (Å²) in [5, 5.41) is 0.230. The van der Waals surface area contributed by atoms with E-state index in [9.17, 15) is 0 Å². The van der Waals surface area contributed by atoms with Crippen molar-refractivity contribution in [1.82, 2.24) is 0 Å². The molecule has 0 unspecified atom stereocenters. The van der Waals surface area contributed by atoms with E-state index >= 15 is 0 Å². The summed E-state index contributed by atoms with van der Waals surface area (Å²) in [6.07, 6.45) is 0. The fourth-order valence-electron chi connectivity index (χ4n) is 0.984. The Hall–Kier alpha value is -1.08. The molecule has 0 bridgehead atoms. The quantitative estimate of drug-likeness (QED) is 0.528. The lowest BCUT2D eigenvalue weighted by Crippen LogP contribution is -2.48. The lowest BCUT2D eigenvalue weighted by Gasteiger charge is -2.12. The van der Waals surface area contributed by atoms with Crippen LogP contribution in [0.3, 0.4) is 0 Å². The van der Waals surface area contributed by atoms with Gasteiger partial charge in [0.15, 0.2) is 4.29 Å². The van der Waals surface area contributed by atoms with Gasteiger partial charge in [-0.3, -0.25) is 0 Å². The standard InChI is InChI=1S/C8H12O5Si/c1-12-6-3-7(13-2)5-8(4-6)14(9,10)11/h3-5,9-11H,1-2H3/i9T,10T,11T. The zero-order valence-corrected chi connectivity index (χ0v) is 8.77. The molecule has 1 aromatic carbocycles. The van der Waals surface area contributed by atoms with E-state index in [0.29, 0.717) is 11.5 Å². The van der Waals surface area contributed by atoms with Crippen LogP contribution in [0, 0.1) is 0 Å². The minimum absolute atomic E-state index is 0.230. The fraction of sp³-hybridized carbons (Fsp3) is 0.250. The van der Waals surface area contributed by atoms with Gasteiger partial charge < -0.3 is 23.9 Å². The van der Waals surface area contributed by atoms with Crippen LogP contribution in [0.5, 0.6) is 11.5 Å². The van der Waals surface area contributed by atoms with E-state index in [0.717, 1.165) is 0 Å². The van der Waals surface area contributed by atoms with Crippen LogP contribution in [0.2, 0.25) is 0 Å². The molecule has 0 saturated carbocycles. The normalized spacial score (nSPS) is 14.0.